The maximum absolute atomic E-state index is 11.9. The fraction of sp³-hybridized carbons (Fsp3) is 0.533. The number of nitrogens with one attached hydrogen (secondary N) is 2. The molecule has 1 aromatic carbocycles. The van der Waals surface area contributed by atoms with Crippen molar-refractivity contribution in [3.05, 3.63) is 24.3 Å². The smallest absolute Gasteiger partial charge is 0.225 e. The van der Waals surface area contributed by atoms with Gasteiger partial charge in [0.1, 0.15) is 12.4 Å². The quantitative estimate of drug-likeness (QED) is 0.758. The summed E-state index contributed by atoms with van der Waals surface area (Å²) in [6.45, 7) is 2.06. The van der Waals surface area contributed by atoms with Crippen molar-refractivity contribution in [3.63, 3.8) is 0 Å². The van der Waals surface area contributed by atoms with Crippen LogP contribution in [0.1, 0.15) is 19.3 Å². The molecule has 0 aromatic heterocycles. The first kappa shape index (κ1) is 17.8. The van der Waals surface area contributed by atoms with Gasteiger partial charge in [0.2, 0.25) is 5.91 Å². The highest BCUT2D eigenvalue weighted by atomic mass is 35.5. The van der Waals surface area contributed by atoms with Crippen LogP contribution in [0.25, 0.3) is 0 Å². The van der Waals surface area contributed by atoms with Crippen LogP contribution in [0.2, 0.25) is 0 Å². The Morgan fingerprint density at radius 3 is 3.00 bits per heavy atom. The number of anilines is 1. The molecule has 118 valence electrons. The van der Waals surface area contributed by atoms with E-state index in [2.05, 4.69) is 10.6 Å². The Kier molecular flexibility index (Phi) is 8.12. The molecule has 6 heteroatoms. The monoisotopic (exact) mass is 314 g/mol. The summed E-state index contributed by atoms with van der Waals surface area (Å²) >= 11 is 0. The number of carbonyl (C=O) groups is 1. The van der Waals surface area contributed by atoms with Gasteiger partial charge in [-0.15, -0.1) is 12.4 Å². The van der Waals surface area contributed by atoms with Gasteiger partial charge >= 0.3 is 0 Å². The number of amides is 1. The lowest BCUT2D eigenvalue weighted by molar-refractivity contribution is -0.116. The van der Waals surface area contributed by atoms with Crippen LogP contribution in [-0.2, 0) is 9.53 Å². The van der Waals surface area contributed by atoms with Crippen LogP contribution in [0.3, 0.4) is 0 Å². The van der Waals surface area contributed by atoms with Gasteiger partial charge in [0.25, 0.3) is 0 Å². The van der Waals surface area contributed by atoms with E-state index in [1.807, 2.05) is 24.3 Å². The third kappa shape index (κ3) is 6.33. The van der Waals surface area contributed by atoms with E-state index in [4.69, 9.17) is 9.47 Å². The fourth-order valence-corrected chi connectivity index (χ4v) is 2.27. The molecule has 1 aliphatic heterocycles. The molecule has 1 saturated heterocycles. The molecule has 0 radical (unpaired) electrons. The van der Waals surface area contributed by atoms with E-state index in [0.717, 1.165) is 30.8 Å². The van der Waals surface area contributed by atoms with Gasteiger partial charge in [0.15, 0.2) is 0 Å². The number of methoxy groups -OCH3 is 1. The zero-order valence-corrected chi connectivity index (χ0v) is 13.1. The van der Waals surface area contributed by atoms with Gasteiger partial charge in [-0.2, -0.15) is 0 Å². The largest absolute Gasteiger partial charge is 0.491 e. The van der Waals surface area contributed by atoms with Crippen molar-refractivity contribution in [3.8, 4) is 5.75 Å². The van der Waals surface area contributed by atoms with E-state index in [0.29, 0.717) is 25.7 Å². The highest BCUT2D eigenvalue weighted by Gasteiger charge is 2.17. The van der Waals surface area contributed by atoms with E-state index in [9.17, 15) is 4.79 Å². The van der Waals surface area contributed by atoms with Crippen molar-refractivity contribution in [2.24, 2.45) is 0 Å². The van der Waals surface area contributed by atoms with E-state index in [-0.39, 0.29) is 18.3 Å². The number of hydrogen-bond donors (Lipinski definition) is 2. The van der Waals surface area contributed by atoms with Crippen molar-refractivity contribution in [1.29, 1.82) is 0 Å². The topological polar surface area (TPSA) is 59.6 Å². The Morgan fingerprint density at radius 1 is 1.43 bits per heavy atom. The van der Waals surface area contributed by atoms with Crippen LogP contribution >= 0.6 is 12.4 Å². The van der Waals surface area contributed by atoms with Gasteiger partial charge < -0.3 is 20.1 Å². The Balaban J connectivity index is 0.00000220. The van der Waals surface area contributed by atoms with Gasteiger partial charge in [-0.25, -0.2) is 0 Å². The second kappa shape index (κ2) is 9.60. The second-order valence-corrected chi connectivity index (χ2v) is 4.91. The summed E-state index contributed by atoms with van der Waals surface area (Å²) in [6.07, 6.45) is 2.75. The minimum absolute atomic E-state index is 0. The van der Waals surface area contributed by atoms with Crippen molar-refractivity contribution >= 4 is 24.0 Å². The Bertz CT molecular complexity index is 437. The number of carbonyl (C=O) groups excluding carboxylic acids is 1. The predicted molar refractivity (Wildman–Crippen MR) is 85.3 cm³/mol. The highest BCUT2D eigenvalue weighted by Crippen LogP contribution is 2.18. The number of hydrogen-bond acceptors (Lipinski definition) is 4. The summed E-state index contributed by atoms with van der Waals surface area (Å²) in [6, 6.07) is 7.74. The summed E-state index contributed by atoms with van der Waals surface area (Å²) in [4.78, 5) is 11.9. The van der Waals surface area contributed by atoms with Crippen molar-refractivity contribution < 1.29 is 14.3 Å². The third-order valence-corrected chi connectivity index (χ3v) is 3.27. The Morgan fingerprint density at radius 2 is 2.29 bits per heavy atom. The minimum Gasteiger partial charge on any atom is -0.491 e. The van der Waals surface area contributed by atoms with Crippen LogP contribution < -0.4 is 15.4 Å². The van der Waals surface area contributed by atoms with Crippen molar-refractivity contribution in [1.82, 2.24) is 5.32 Å². The van der Waals surface area contributed by atoms with Gasteiger partial charge in [0, 0.05) is 31.3 Å². The minimum atomic E-state index is 0. The van der Waals surface area contributed by atoms with Crippen LogP contribution in [0.4, 0.5) is 5.69 Å². The van der Waals surface area contributed by atoms with Crippen LogP contribution in [0.5, 0.6) is 5.75 Å². The van der Waals surface area contributed by atoms with E-state index in [1.165, 1.54) is 0 Å². The number of rotatable bonds is 7. The normalized spacial score (nSPS) is 17.1. The van der Waals surface area contributed by atoms with Gasteiger partial charge in [-0.05, 0) is 31.5 Å². The molecule has 1 unspecified atom stereocenters. The molecule has 0 saturated carbocycles. The lowest BCUT2D eigenvalue weighted by Gasteiger charge is -2.11. The molecule has 0 spiro atoms. The van der Waals surface area contributed by atoms with Crippen LogP contribution in [-0.4, -0.2) is 38.8 Å². The highest BCUT2D eigenvalue weighted by molar-refractivity contribution is 5.91. The Labute approximate surface area is 131 Å². The average Bonchev–Trinajstić information content (AvgIpc) is 2.92. The predicted octanol–water partition coefficient (Wildman–Crippen LogP) is 2.21. The third-order valence-electron chi connectivity index (χ3n) is 3.27. The van der Waals surface area contributed by atoms with Crippen LogP contribution in [0, 0.1) is 0 Å². The van der Waals surface area contributed by atoms with Gasteiger partial charge in [0.05, 0.1) is 6.61 Å². The zero-order valence-electron chi connectivity index (χ0n) is 12.3. The molecule has 1 aliphatic rings. The van der Waals surface area contributed by atoms with E-state index in [1.54, 1.807) is 7.11 Å². The Hall–Kier alpha value is -1.30. The molecule has 5 nitrogen and oxygen atoms in total. The molecule has 2 rings (SSSR count). The zero-order chi connectivity index (χ0) is 14.2. The molecule has 0 aliphatic carbocycles. The van der Waals surface area contributed by atoms with Crippen molar-refractivity contribution in [2.75, 3.05) is 32.2 Å². The first-order valence-corrected chi connectivity index (χ1v) is 7.03. The molecule has 1 aromatic rings. The molecule has 21 heavy (non-hydrogen) atoms. The summed E-state index contributed by atoms with van der Waals surface area (Å²) in [5.41, 5.74) is 0.767. The summed E-state index contributed by atoms with van der Waals surface area (Å²) < 4.78 is 10.4. The average molecular weight is 315 g/mol. The molecule has 2 N–H and O–H groups in total. The summed E-state index contributed by atoms with van der Waals surface area (Å²) in [5.74, 6) is 0.775. The number of ether oxygens (including phenoxy) is 2. The molecular weight excluding hydrogens is 292 g/mol. The first-order chi connectivity index (χ1) is 9.78. The van der Waals surface area contributed by atoms with E-state index < -0.39 is 0 Å². The second-order valence-electron chi connectivity index (χ2n) is 4.91. The standard InChI is InChI=1S/C15H22N2O3.ClH/c1-19-8-9-20-14-6-2-4-13(10-14)17-15(18)11-12-5-3-7-16-12;/h2,4,6,10,12,16H,3,5,7-9,11H2,1H3,(H,17,18);1H. The molecular formula is C15H23ClN2O3. The first-order valence-electron chi connectivity index (χ1n) is 7.03. The van der Waals surface area contributed by atoms with Gasteiger partial charge in [-0.3, -0.25) is 4.79 Å². The number of benzene rings is 1. The van der Waals surface area contributed by atoms with Gasteiger partial charge in [-0.1, -0.05) is 6.07 Å². The molecule has 0 bridgehead atoms. The maximum atomic E-state index is 11.9. The lowest BCUT2D eigenvalue weighted by atomic mass is 10.1. The van der Waals surface area contributed by atoms with Crippen LogP contribution in [0.15, 0.2) is 24.3 Å². The summed E-state index contributed by atoms with van der Waals surface area (Å²) in [5, 5.41) is 6.23. The fourth-order valence-electron chi connectivity index (χ4n) is 2.27. The molecule has 1 fully saturated rings. The SMILES string of the molecule is COCCOc1cccc(NC(=O)CC2CCCN2)c1.Cl. The maximum Gasteiger partial charge on any atom is 0.225 e. The molecule has 1 atom stereocenters. The summed E-state index contributed by atoms with van der Waals surface area (Å²) in [7, 11) is 1.64. The molecule has 1 heterocycles. The van der Waals surface area contributed by atoms with E-state index >= 15 is 0 Å². The number of halogens is 1. The molecule has 1 amide bonds. The van der Waals surface area contributed by atoms with Crippen molar-refractivity contribution in [2.45, 2.75) is 25.3 Å². The lowest BCUT2D eigenvalue weighted by Crippen LogP contribution is -2.27.